The number of halogens is 2. The maximum absolute atomic E-state index is 11.3. The molecule has 11 heteroatoms. The summed E-state index contributed by atoms with van der Waals surface area (Å²) >= 11 is 12.1. The van der Waals surface area contributed by atoms with Crippen molar-refractivity contribution in [3.63, 3.8) is 0 Å². The maximum Gasteiger partial charge on any atom is 0.239 e. The van der Waals surface area contributed by atoms with Crippen molar-refractivity contribution in [2.45, 2.75) is 4.90 Å². The van der Waals surface area contributed by atoms with Crippen molar-refractivity contribution < 1.29 is 8.42 Å². The Morgan fingerprint density at radius 2 is 1.92 bits per heavy atom. The lowest BCUT2D eigenvalue weighted by molar-refractivity contribution is 0.597. The second kappa shape index (κ2) is 6.59. The average molecular weight is 409 g/mol. The highest BCUT2D eigenvalue weighted by atomic mass is 35.5. The van der Waals surface area contributed by atoms with Crippen LogP contribution in [0.2, 0.25) is 10.0 Å². The molecule has 0 spiro atoms. The van der Waals surface area contributed by atoms with Crippen LogP contribution in [0.15, 0.2) is 41.4 Å². The maximum atomic E-state index is 11.3. The smallest absolute Gasteiger partial charge is 0.239 e. The van der Waals surface area contributed by atoms with Crippen molar-refractivity contribution in [3.05, 3.63) is 52.1 Å². The molecule has 0 radical (unpaired) electrons. The highest BCUT2D eigenvalue weighted by Gasteiger charge is 2.21. The highest BCUT2D eigenvalue weighted by Crippen LogP contribution is 2.34. The number of nitrogen functional groups attached to an aromatic ring is 1. The van der Waals surface area contributed by atoms with Crippen LogP contribution in [0.4, 0.5) is 5.82 Å². The number of hydrogen-bond acceptors (Lipinski definition) is 6. The third kappa shape index (κ3) is 3.23. The first-order valence-electron chi connectivity index (χ1n) is 6.95. The van der Waals surface area contributed by atoms with Gasteiger partial charge in [0.1, 0.15) is 28.0 Å². The molecule has 2 aromatic heterocycles. The molecule has 3 rings (SSSR count). The lowest BCUT2D eigenvalue weighted by Crippen LogP contribution is -2.13. The van der Waals surface area contributed by atoms with Gasteiger partial charge in [-0.2, -0.15) is 15.0 Å². The fourth-order valence-corrected chi connectivity index (χ4v) is 3.21. The number of nitrogens with zero attached hydrogens (tertiary/aromatic N) is 4. The molecule has 0 atom stereocenters. The summed E-state index contributed by atoms with van der Waals surface area (Å²) in [6, 6.07) is 9.37. The zero-order chi connectivity index (χ0) is 19.1. The van der Waals surface area contributed by atoms with Crippen molar-refractivity contribution in [1.82, 2.24) is 14.8 Å². The van der Waals surface area contributed by atoms with Gasteiger partial charge in [0.25, 0.3) is 0 Å². The summed E-state index contributed by atoms with van der Waals surface area (Å²) in [5, 5.41) is 19.5. The average Bonchev–Trinajstić information content (AvgIpc) is 2.90. The normalized spacial score (nSPS) is 11.3. The van der Waals surface area contributed by atoms with E-state index in [2.05, 4.69) is 10.1 Å². The van der Waals surface area contributed by atoms with Gasteiger partial charge in [0, 0.05) is 16.8 Å². The van der Waals surface area contributed by atoms with Gasteiger partial charge < -0.3 is 5.73 Å². The Morgan fingerprint density at radius 1 is 1.19 bits per heavy atom. The largest absolute Gasteiger partial charge is 0.382 e. The van der Waals surface area contributed by atoms with Gasteiger partial charge >= 0.3 is 0 Å². The SMILES string of the molecule is N#Cc1c(-c2ccc(Cl)cc2Cl)nn(-c2ccc(S(N)(=O)=O)cn2)c1N. The number of nitriles is 1. The van der Waals surface area contributed by atoms with E-state index >= 15 is 0 Å². The van der Waals surface area contributed by atoms with Gasteiger partial charge in [-0.25, -0.2) is 18.5 Å². The summed E-state index contributed by atoms with van der Waals surface area (Å²) in [4.78, 5) is 3.83. The number of rotatable bonds is 3. The number of benzene rings is 1. The molecule has 0 aliphatic carbocycles. The monoisotopic (exact) mass is 408 g/mol. The van der Waals surface area contributed by atoms with Crippen molar-refractivity contribution in [3.8, 4) is 23.1 Å². The fraction of sp³-hybridized carbons (Fsp3) is 0. The summed E-state index contributed by atoms with van der Waals surface area (Å²) in [6.45, 7) is 0. The molecule has 0 aliphatic heterocycles. The lowest BCUT2D eigenvalue weighted by atomic mass is 10.1. The molecule has 4 N–H and O–H groups in total. The number of hydrogen-bond donors (Lipinski definition) is 2. The molecule has 132 valence electrons. The zero-order valence-corrected chi connectivity index (χ0v) is 15.2. The van der Waals surface area contributed by atoms with Crippen molar-refractivity contribution in [1.29, 1.82) is 5.26 Å². The molecule has 0 saturated heterocycles. The van der Waals surface area contributed by atoms with Gasteiger partial charge in [-0.05, 0) is 30.3 Å². The first kappa shape index (κ1) is 18.2. The van der Waals surface area contributed by atoms with Crippen LogP contribution in [0.5, 0.6) is 0 Å². The summed E-state index contributed by atoms with van der Waals surface area (Å²) in [5.74, 6) is 0.243. The number of nitrogens with two attached hydrogens (primary N) is 2. The Hall–Kier alpha value is -2.64. The van der Waals surface area contributed by atoms with Gasteiger partial charge in [-0.3, -0.25) is 0 Å². The first-order valence-corrected chi connectivity index (χ1v) is 9.26. The number of primary sulfonamides is 1. The highest BCUT2D eigenvalue weighted by molar-refractivity contribution is 7.89. The van der Waals surface area contributed by atoms with Crippen molar-refractivity contribution in [2.75, 3.05) is 5.73 Å². The minimum atomic E-state index is -3.88. The van der Waals surface area contributed by atoms with Gasteiger partial charge in [0.05, 0.1) is 5.02 Å². The number of pyridine rings is 1. The Bertz CT molecular complexity index is 1150. The van der Waals surface area contributed by atoms with Gasteiger partial charge in [-0.1, -0.05) is 23.2 Å². The molecule has 0 aliphatic rings. The minimum Gasteiger partial charge on any atom is -0.382 e. The molecule has 2 heterocycles. The van der Waals surface area contributed by atoms with Crippen LogP contribution < -0.4 is 10.9 Å². The summed E-state index contributed by atoms with van der Waals surface area (Å²) in [6.07, 6.45) is 1.08. The first-order chi connectivity index (χ1) is 12.2. The van der Waals surface area contributed by atoms with Gasteiger partial charge in [-0.15, -0.1) is 0 Å². The molecule has 0 amide bonds. The summed E-state index contributed by atoms with van der Waals surface area (Å²) in [5.41, 5.74) is 6.84. The van der Waals surface area contributed by atoms with E-state index in [4.69, 9.17) is 34.1 Å². The molecular formula is C15H10Cl2N6O2S. The Morgan fingerprint density at radius 3 is 2.46 bits per heavy atom. The second-order valence-corrected chi connectivity index (χ2v) is 7.56. The zero-order valence-electron chi connectivity index (χ0n) is 12.9. The molecule has 1 aromatic carbocycles. The van der Waals surface area contributed by atoms with E-state index in [0.717, 1.165) is 6.20 Å². The van der Waals surface area contributed by atoms with Crippen molar-refractivity contribution in [2.24, 2.45) is 5.14 Å². The van der Waals surface area contributed by atoms with Crippen LogP contribution in [0.1, 0.15) is 5.56 Å². The van der Waals surface area contributed by atoms with E-state index in [0.29, 0.717) is 15.6 Å². The standard InChI is InChI=1S/C15H10Cl2N6O2S/c16-8-1-3-10(12(17)5-8)14-11(6-18)15(19)23(22-14)13-4-2-9(7-21-13)26(20,24)25/h1-5,7H,19H2,(H2,20,24,25). The predicted molar refractivity (Wildman–Crippen MR) is 97.3 cm³/mol. The topological polar surface area (TPSA) is 141 Å². The third-order valence-electron chi connectivity index (χ3n) is 3.49. The van der Waals surface area contributed by atoms with E-state index in [-0.39, 0.29) is 27.8 Å². The van der Waals surface area contributed by atoms with E-state index < -0.39 is 10.0 Å². The molecule has 0 bridgehead atoms. The molecule has 0 unspecified atom stereocenters. The van der Waals surface area contributed by atoms with Crippen LogP contribution in [-0.4, -0.2) is 23.2 Å². The van der Waals surface area contributed by atoms with Crippen LogP contribution in [0, 0.1) is 11.3 Å². The van der Waals surface area contributed by atoms with E-state index in [1.165, 1.54) is 22.9 Å². The Balaban J connectivity index is 2.16. The predicted octanol–water partition coefficient (Wildman–Crippen LogP) is 2.34. The third-order valence-corrected chi connectivity index (χ3v) is 4.93. The van der Waals surface area contributed by atoms with E-state index in [9.17, 15) is 13.7 Å². The molecule has 0 fully saturated rings. The van der Waals surface area contributed by atoms with Crippen LogP contribution >= 0.6 is 23.2 Å². The molecule has 26 heavy (non-hydrogen) atoms. The molecule has 0 saturated carbocycles. The van der Waals surface area contributed by atoms with Crippen molar-refractivity contribution >= 4 is 39.0 Å². The minimum absolute atomic E-state index is 0.0318. The molecular weight excluding hydrogens is 399 g/mol. The number of anilines is 1. The Labute approximate surface area is 158 Å². The Kier molecular flexibility index (Phi) is 4.60. The fourth-order valence-electron chi connectivity index (χ4n) is 2.25. The quantitative estimate of drug-likeness (QED) is 0.680. The van der Waals surface area contributed by atoms with Gasteiger partial charge in [0.15, 0.2) is 5.82 Å². The van der Waals surface area contributed by atoms with E-state index in [1.54, 1.807) is 12.1 Å². The number of aromatic nitrogens is 3. The van der Waals surface area contributed by atoms with Crippen LogP contribution in [0.25, 0.3) is 17.1 Å². The van der Waals surface area contributed by atoms with Gasteiger partial charge in [0.2, 0.25) is 10.0 Å². The lowest BCUT2D eigenvalue weighted by Gasteiger charge is -2.04. The summed E-state index contributed by atoms with van der Waals surface area (Å²) in [7, 11) is -3.88. The van der Waals surface area contributed by atoms with Crippen LogP contribution in [-0.2, 0) is 10.0 Å². The van der Waals surface area contributed by atoms with E-state index in [1.807, 2.05) is 6.07 Å². The molecule has 8 nitrogen and oxygen atoms in total. The molecule has 3 aromatic rings. The van der Waals surface area contributed by atoms with Crippen LogP contribution in [0.3, 0.4) is 0 Å². The second-order valence-electron chi connectivity index (χ2n) is 5.15. The summed E-state index contributed by atoms with van der Waals surface area (Å²) < 4.78 is 23.9. The number of sulfonamides is 1.